The molecule has 0 aromatic heterocycles. The summed E-state index contributed by atoms with van der Waals surface area (Å²) in [5.74, 6) is 0.459. The molecule has 13 heavy (non-hydrogen) atoms. The Morgan fingerprint density at radius 2 is 2.15 bits per heavy atom. The van der Waals surface area contributed by atoms with Gasteiger partial charge in [0.05, 0.1) is 5.92 Å². The van der Waals surface area contributed by atoms with Crippen LogP contribution in [-0.4, -0.2) is 29.4 Å². The van der Waals surface area contributed by atoms with Gasteiger partial charge >= 0.3 is 0 Å². The van der Waals surface area contributed by atoms with Gasteiger partial charge in [-0.3, -0.25) is 4.79 Å². The third-order valence-corrected chi connectivity index (χ3v) is 3.24. The summed E-state index contributed by atoms with van der Waals surface area (Å²) in [5.41, 5.74) is 5.67. The Labute approximate surface area is 79.3 Å². The first-order valence-corrected chi connectivity index (χ1v) is 5.26. The zero-order chi connectivity index (χ0) is 9.42. The molecule has 0 aromatic carbocycles. The van der Waals surface area contributed by atoms with Crippen LogP contribution in [0.2, 0.25) is 0 Å². The summed E-state index contributed by atoms with van der Waals surface area (Å²) >= 11 is 0. The molecule has 3 atom stereocenters. The van der Waals surface area contributed by atoms with Crippen molar-refractivity contribution in [1.29, 1.82) is 0 Å². The average molecular weight is 182 g/mol. The van der Waals surface area contributed by atoms with Gasteiger partial charge < -0.3 is 10.6 Å². The van der Waals surface area contributed by atoms with Crippen molar-refractivity contribution in [1.82, 2.24) is 4.90 Å². The number of nitrogens with zero attached hydrogens (tertiary/aromatic N) is 1. The Hall–Kier alpha value is -0.570. The van der Waals surface area contributed by atoms with Crippen LogP contribution in [0.3, 0.4) is 0 Å². The number of carbonyl (C=O) groups is 1. The van der Waals surface area contributed by atoms with Crippen LogP contribution >= 0.6 is 0 Å². The van der Waals surface area contributed by atoms with Gasteiger partial charge in [-0.1, -0.05) is 0 Å². The molecule has 0 radical (unpaired) electrons. The predicted molar refractivity (Wildman–Crippen MR) is 51.1 cm³/mol. The molecule has 3 nitrogen and oxygen atoms in total. The highest BCUT2D eigenvalue weighted by Crippen LogP contribution is 2.32. The summed E-state index contributed by atoms with van der Waals surface area (Å²) in [7, 11) is 0. The van der Waals surface area contributed by atoms with Crippen molar-refractivity contribution in [3.8, 4) is 0 Å². The maximum absolute atomic E-state index is 11.8. The average Bonchev–Trinajstić information content (AvgIpc) is 2.82. The van der Waals surface area contributed by atoms with Crippen LogP contribution in [0.15, 0.2) is 0 Å². The lowest BCUT2D eigenvalue weighted by Gasteiger charge is -2.33. The topological polar surface area (TPSA) is 46.3 Å². The fourth-order valence-electron chi connectivity index (χ4n) is 2.14. The smallest absolute Gasteiger partial charge is 0.227 e. The lowest BCUT2D eigenvalue weighted by atomic mass is 10.0. The monoisotopic (exact) mass is 182 g/mol. The Balaban J connectivity index is 1.94. The van der Waals surface area contributed by atoms with Crippen LogP contribution in [-0.2, 0) is 4.79 Å². The lowest BCUT2D eigenvalue weighted by molar-refractivity contribution is -0.135. The normalized spacial score (nSPS) is 38.9. The van der Waals surface area contributed by atoms with E-state index >= 15 is 0 Å². The van der Waals surface area contributed by atoms with E-state index < -0.39 is 0 Å². The van der Waals surface area contributed by atoms with E-state index in [1.807, 2.05) is 4.90 Å². The molecule has 0 aromatic rings. The molecule has 1 saturated heterocycles. The van der Waals surface area contributed by atoms with Crippen molar-refractivity contribution in [2.75, 3.05) is 6.54 Å². The number of carbonyl (C=O) groups excluding carboxylic acids is 1. The molecule has 1 amide bonds. The van der Waals surface area contributed by atoms with E-state index in [0.29, 0.717) is 11.9 Å². The summed E-state index contributed by atoms with van der Waals surface area (Å²) in [6.07, 6.45) is 4.50. The molecule has 2 rings (SSSR count). The van der Waals surface area contributed by atoms with Crippen molar-refractivity contribution >= 4 is 5.91 Å². The van der Waals surface area contributed by atoms with Crippen LogP contribution in [0.25, 0.3) is 0 Å². The highest BCUT2D eigenvalue weighted by molar-refractivity contribution is 5.82. The van der Waals surface area contributed by atoms with Gasteiger partial charge in [-0.25, -0.2) is 0 Å². The van der Waals surface area contributed by atoms with Crippen LogP contribution in [0.4, 0.5) is 0 Å². The van der Waals surface area contributed by atoms with Crippen molar-refractivity contribution in [3.63, 3.8) is 0 Å². The Kier molecular flexibility index (Phi) is 2.28. The van der Waals surface area contributed by atoms with E-state index in [1.165, 1.54) is 6.42 Å². The second kappa shape index (κ2) is 3.29. The largest absolute Gasteiger partial charge is 0.340 e. The van der Waals surface area contributed by atoms with E-state index in [2.05, 4.69) is 6.92 Å². The lowest BCUT2D eigenvalue weighted by Crippen LogP contribution is -2.43. The van der Waals surface area contributed by atoms with E-state index in [4.69, 9.17) is 5.73 Å². The third kappa shape index (κ3) is 1.70. The Morgan fingerprint density at radius 1 is 1.46 bits per heavy atom. The molecule has 3 heteroatoms. The van der Waals surface area contributed by atoms with Crippen LogP contribution in [0.1, 0.15) is 32.6 Å². The minimum Gasteiger partial charge on any atom is -0.340 e. The highest BCUT2D eigenvalue weighted by atomic mass is 16.2. The SMILES string of the molecule is CC1CCCCN1C(=O)C1CC1N. The minimum absolute atomic E-state index is 0.153. The van der Waals surface area contributed by atoms with Gasteiger partial charge in [0.2, 0.25) is 5.91 Å². The van der Waals surface area contributed by atoms with Crippen LogP contribution in [0.5, 0.6) is 0 Å². The fraction of sp³-hybridized carbons (Fsp3) is 0.900. The molecular formula is C10H18N2O. The number of piperidine rings is 1. The van der Waals surface area contributed by atoms with Gasteiger partial charge in [-0.05, 0) is 32.6 Å². The van der Waals surface area contributed by atoms with E-state index in [0.717, 1.165) is 25.8 Å². The molecule has 2 fully saturated rings. The number of likely N-dealkylation sites (tertiary alicyclic amines) is 1. The van der Waals surface area contributed by atoms with Crippen LogP contribution < -0.4 is 5.73 Å². The Bertz CT molecular complexity index is 217. The Morgan fingerprint density at radius 3 is 2.69 bits per heavy atom. The molecule has 1 aliphatic carbocycles. The second-order valence-electron chi connectivity index (χ2n) is 4.38. The van der Waals surface area contributed by atoms with Gasteiger partial charge in [0.15, 0.2) is 0 Å². The molecule has 74 valence electrons. The number of amides is 1. The summed E-state index contributed by atoms with van der Waals surface area (Å²) < 4.78 is 0. The first kappa shape index (κ1) is 9.00. The van der Waals surface area contributed by atoms with Crippen molar-refractivity contribution < 1.29 is 4.79 Å². The van der Waals surface area contributed by atoms with Gasteiger partial charge in [-0.2, -0.15) is 0 Å². The molecular weight excluding hydrogens is 164 g/mol. The second-order valence-corrected chi connectivity index (χ2v) is 4.38. The minimum atomic E-state index is 0.153. The number of hydrogen-bond donors (Lipinski definition) is 1. The number of rotatable bonds is 1. The number of hydrogen-bond acceptors (Lipinski definition) is 2. The fourth-order valence-corrected chi connectivity index (χ4v) is 2.14. The molecule has 2 N–H and O–H groups in total. The molecule has 1 heterocycles. The van der Waals surface area contributed by atoms with Gasteiger partial charge in [0, 0.05) is 18.6 Å². The van der Waals surface area contributed by atoms with Gasteiger partial charge in [-0.15, -0.1) is 0 Å². The summed E-state index contributed by atoms with van der Waals surface area (Å²) in [6.45, 7) is 3.09. The van der Waals surface area contributed by atoms with E-state index in [-0.39, 0.29) is 12.0 Å². The van der Waals surface area contributed by atoms with Crippen molar-refractivity contribution in [2.24, 2.45) is 11.7 Å². The first-order valence-electron chi connectivity index (χ1n) is 5.26. The first-order chi connectivity index (χ1) is 6.20. The van der Waals surface area contributed by atoms with Gasteiger partial charge in [0.1, 0.15) is 0 Å². The third-order valence-electron chi connectivity index (χ3n) is 3.24. The summed E-state index contributed by atoms with van der Waals surface area (Å²) in [5, 5.41) is 0. The molecule has 0 spiro atoms. The quantitative estimate of drug-likeness (QED) is 0.650. The molecule has 0 bridgehead atoms. The molecule has 2 aliphatic rings. The van der Waals surface area contributed by atoms with E-state index in [9.17, 15) is 4.79 Å². The molecule has 1 aliphatic heterocycles. The maximum atomic E-state index is 11.8. The van der Waals surface area contributed by atoms with Crippen molar-refractivity contribution in [3.05, 3.63) is 0 Å². The summed E-state index contributed by atoms with van der Waals surface area (Å²) in [4.78, 5) is 13.9. The standard InChI is InChI=1S/C10H18N2O/c1-7-4-2-3-5-12(7)10(13)8-6-9(8)11/h7-9H,2-6,11H2,1H3. The van der Waals surface area contributed by atoms with Crippen LogP contribution in [0, 0.1) is 5.92 Å². The molecule has 1 saturated carbocycles. The zero-order valence-corrected chi connectivity index (χ0v) is 8.20. The number of nitrogens with two attached hydrogens (primary N) is 1. The molecule has 3 unspecified atom stereocenters. The van der Waals surface area contributed by atoms with Gasteiger partial charge in [0.25, 0.3) is 0 Å². The highest BCUT2D eigenvalue weighted by Gasteiger charge is 2.43. The van der Waals surface area contributed by atoms with E-state index in [1.54, 1.807) is 0 Å². The predicted octanol–water partition coefficient (Wildman–Crippen LogP) is 0.735. The summed E-state index contributed by atoms with van der Waals surface area (Å²) in [6, 6.07) is 0.593. The maximum Gasteiger partial charge on any atom is 0.227 e. The van der Waals surface area contributed by atoms with Crippen molar-refractivity contribution in [2.45, 2.75) is 44.7 Å². The zero-order valence-electron chi connectivity index (χ0n) is 8.20.